The van der Waals surface area contributed by atoms with Gasteiger partial charge >= 0.3 is 5.69 Å². The van der Waals surface area contributed by atoms with Crippen LogP contribution in [0.1, 0.15) is 32.4 Å². The molecule has 0 bridgehead atoms. The minimum absolute atomic E-state index is 0.0306. The van der Waals surface area contributed by atoms with Gasteiger partial charge in [0.15, 0.2) is 0 Å². The molecule has 0 aromatic carbocycles. The van der Waals surface area contributed by atoms with E-state index in [0.717, 1.165) is 0 Å². The summed E-state index contributed by atoms with van der Waals surface area (Å²) in [7, 11) is 0. The number of aryl methyl sites for hydroxylation is 1. The molecule has 1 aromatic rings. The molecule has 0 aliphatic carbocycles. The lowest BCUT2D eigenvalue weighted by Crippen LogP contribution is -2.36. The number of nitrogens with one attached hydrogen (secondary N) is 2. The molecule has 1 rings (SSSR count). The minimum atomic E-state index is -0.535. The lowest BCUT2D eigenvalue weighted by atomic mass is 9.95. The maximum Gasteiger partial charge on any atom is 0.332 e. The first-order valence-electron chi connectivity index (χ1n) is 6.25. The molecule has 0 saturated carbocycles. The van der Waals surface area contributed by atoms with Crippen LogP contribution in [-0.2, 0) is 0 Å². The maximum absolute atomic E-state index is 11.2. The summed E-state index contributed by atoms with van der Waals surface area (Å²) in [5.41, 5.74) is 1.79. The molecule has 0 amide bonds. The highest BCUT2D eigenvalue weighted by Crippen LogP contribution is 2.30. The standard InChI is InChI=1S/C11H20N6O3/c1-4-11(3,5-6-18)15-9-8(17(19)20)7(2)13-10(14-9)16-12/h18H,4-6,12H2,1-3H3,(H2,13,14,15,16). The first-order chi connectivity index (χ1) is 9.36. The number of anilines is 2. The molecule has 20 heavy (non-hydrogen) atoms. The van der Waals surface area contributed by atoms with Crippen LogP contribution < -0.4 is 16.6 Å². The van der Waals surface area contributed by atoms with E-state index in [2.05, 4.69) is 20.7 Å². The van der Waals surface area contributed by atoms with Crippen molar-refractivity contribution in [2.45, 2.75) is 39.2 Å². The average molecular weight is 284 g/mol. The predicted octanol–water partition coefficient (Wildman–Crippen LogP) is 0.942. The number of hydrogen-bond acceptors (Lipinski definition) is 8. The third-order valence-electron chi connectivity index (χ3n) is 3.23. The highest BCUT2D eigenvalue weighted by atomic mass is 16.6. The van der Waals surface area contributed by atoms with Crippen LogP contribution in [0.15, 0.2) is 0 Å². The van der Waals surface area contributed by atoms with E-state index >= 15 is 0 Å². The normalized spacial score (nSPS) is 13.7. The van der Waals surface area contributed by atoms with E-state index in [4.69, 9.17) is 10.9 Å². The topological polar surface area (TPSA) is 139 Å². The Balaban J connectivity index is 3.27. The van der Waals surface area contributed by atoms with E-state index in [9.17, 15) is 10.1 Å². The first-order valence-corrected chi connectivity index (χ1v) is 6.25. The fourth-order valence-corrected chi connectivity index (χ4v) is 1.80. The van der Waals surface area contributed by atoms with Crippen molar-refractivity contribution >= 4 is 17.5 Å². The van der Waals surface area contributed by atoms with Crippen molar-refractivity contribution in [2.24, 2.45) is 5.84 Å². The molecule has 1 unspecified atom stereocenters. The Morgan fingerprint density at radius 3 is 2.60 bits per heavy atom. The number of hydrogen-bond donors (Lipinski definition) is 4. The Hall–Kier alpha value is -2.00. The van der Waals surface area contributed by atoms with Gasteiger partial charge in [-0.1, -0.05) is 6.92 Å². The van der Waals surface area contributed by atoms with Crippen molar-refractivity contribution in [3.8, 4) is 0 Å². The van der Waals surface area contributed by atoms with E-state index in [1.807, 2.05) is 13.8 Å². The average Bonchev–Trinajstić information content (AvgIpc) is 2.37. The molecule has 0 radical (unpaired) electrons. The molecule has 0 aliphatic rings. The van der Waals surface area contributed by atoms with Gasteiger partial charge in [0.25, 0.3) is 0 Å². The SMILES string of the molecule is CCC(C)(CCO)Nc1nc(NN)nc(C)c1[N+](=O)[O-]. The predicted molar refractivity (Wildman–Crippen MR) is 75.3 cm³/mol. The molecule has 0 fully saturated rings. The van der Waals surface area contributed by atoms with Crippen LogP contribution in [0.3, 0.4) is 0 Å². The van der Waals surface area contributed by atoms with Gasteiger partial charge in [-0.3, -0.25) is 15.5 Å². The van der Waals surface area contributed by atoms with Gasteiger partial charge in [-0.05, 0) is 26.7 Å². The quantitative estimate of drug-likeness (QED) is 0.329. The smallest absolute Gasteiger partial charge is 0.332 e. The molecule has 1 heterocycles. The highest BCUT2D eigenvalue weighted by Gasteiger charge is 2.28. The second-order valence-corrected chi connectivity index (χ2v) is 4.74. The van der Waals surface area contributed by atoms with Crippen LogP contribution in [0, 0.1) is 17.0 Å². The van der Waals surface area contributed by atoms with Crippen molar-refractivity contribution in [3.63, 3.8) is 0 Å². The van der Waals surface area contributed by atoms with Crippen LogP contribution in [0.25, 0.3) is 0 Å². The van der Waals surface area contributed by atoms with Crippen molar-refractivity contribution in [1.29, 1.82) is 0 Å². The Morgan fingerprint density at radius 1 is 1.50 bits per heavy atom. The van der Waals surface area contributed by atoms with E-state index in [-0.39, 0.29) is 29.8 Å². The Labute approximate surface area is 116 Å². The summed E-state index contributed by atoms with van der Waals surface area (Å²) >= 11 is 0. The summed E-state index contributed by atoms with van der Waals surface area (Å²) in [4.78, 5) is 18.5. The van der Waals surface area contributed by atoms with Crippen LogP contribution >= 0.6 is 0 Å². The molecule has 9 nitrogen and oxygen atoms in total. The molecule has 9 heteroatoms. The van der Waals surface area contributed by atoms with Crippen LogP contribution in [0.2, 0.25) is 0 Å². The van der Waals surface area contributed by atoms with Crippen LogP contribution in [0.5, 0.6) is 0 Å². The number of aliphatic hydroxyl groups excluding tert-OH is 1. The fraction of sp³-hybridized carbons (Fsp3) is 0.636. The van der Waals surface area contributed by atoms with Crippen molar-refractivity contribution in [1.82, 2.24) is 9.97 Å². The highest BCUT2D eigenvalue weighted by molar-refractivity contribution is 5.61. The van der Waals surface area contributed by atoms with Gasteiger partial charge in [0.2, 0.25) is 11.8 Å². The number of aromatic nitrogens is 2. The Kier molecular flexibility index (Phi) is 5.17. The molecule has 0 aliphatic heterocycles. The minimum Gasteiger partial charge on any atom is -0.396 e. The summed E-state index contributed by atoms with van der Waals surface area (Å²) in [5, 5.41) is 23.3. The van der Waals surface area contributed by atoms with Gasteiger partial charge in [0, 0.05) is 12.1 Å². The van der Waals surface area contributed by atoms with Gasteiger partial charge in [0.05, 0.1) is 4.92 Å². The van der Waals surface area contributed by atoms with Crippen molar-refractivity contribution < 1.29 is 10.0 Å². The summed E-state index contributed by atoms with van der Waals surface area (Å²) in [5.74, 6) is 5.44. The molecule has 1 aromatic heterocycles. The van der Waals surface area contributed by atoms with E-state index in [1.54, 1.807) is 0 Å². The Bertz CT molecular complexity index is 495. The second kappa shape index (κ2) is 6.44. The molecule has 0 spiro atoms. The molecule has 1 atom stereocenters. The van der Waals surface area contributed by atoms with Gasteiger partial charge in [-0.15, -0.1) is 0 Å². The third-order valence-corrected chi connectivity index (χ3v) is 3.23. The van der Waals surface area contributed by atoms with E-state index in [0.29, 0.717) is 12.8 Å². The number of nitrogen functional groups attached to an aromatic ring is 1. The number of hydrazine groups is 1. The molecular weight excluding hydrogens is 264 g/mol. The zero-order valence-electron chi connectivity index (χ0n) is 11.8. The summed E-state index contributed by atoms with van der Waals surface area (Å²) in [6.45, 7) is 5.27. The monoisotopic (exact) mass is 284 g/mol. The van der Waals surface area contributed by atoms with Gasteiger partial charge in [0.1, 0.15) is 5.69 Å². The summed E-state index contributed by atoms with van der Waals surface area (Å²) < 4.78 is 0. The van der Waals surface area contributed by atoms with Crippen LogP contribution in [0.4, 0.5) is 17.5 Å². The zero-order chi connectivity index (χ0) is 15.3. The van der Waals surface area contributed by atoms with Gasteiger partial charge in [-0.2, -0.15) is 4.98 Å². The lowest BCUT2D eigenvalue weighted by molar-refractivity contribution is -0.385. The van der Waals surface area contributed by atoms with E-state index < -0.39 is 10.5 Å². The first kappa shape index (κ1) is 16.1. The molecule has 5 N–H and O–H groups in total. The van der Waals surface area contributed by atoms with Crippen molar-refractivity contribution in [2.75, 3.05) is 17.3 Å². The maximum atomic E-state index is 11.2. The number of aliphatic hydroxyl groups is 1. The second-order valence-electron chi connectivity index (χ2n) is 4.74. The number of nitrogens with zero attached hydrogens (tertiary/aromatic N) is 3. The Morgan fingerprint density at radius 2 is 2.15 bits per heavy atom. The zero-order valence-corrected chi connectivity index (χ0v) is 11.8. The summed E-state index contributed by atoms with van der Waals surface area (Å²) in [6.07, 6.45) is 1.11. The largest absolute Gasteiger partial charge is 0.396 e. The number of nitrogens with two attached hydrogens (primary N) is 1. The fourth-order valence-electron chi connectivity index (χ4n) is 1.80. The van der Waals surface area contributed by atoms with Gasteiger partial charge in [-0.25, -0.2) is 10.8 Å². The number of nitro groups is 1. The molecule has 0 saturated heterocycles. The van der Waals surface area contributed by atoms with Crippen LogP contribution in [-0.4, -0.2) is 32.1 Å². The van der Waals surface area contributed by atoms with E-state index in [1.165, 1.54) is 6.92 Å². The van der Waals surface area contributed by atoms with Gasteiger partial charge < -0.3 is 10.4 Å². The molecule has 112 valence electrons. The molecular formula is C11H20N6O3. The lowest BCUT2D eigenvalue weighted by Gasteiger charge is -2.29. The number of rotatable bonds is 7. The summed E-state index contributed by atoms with van der Waals surface area (Å²) in [6, 6.07) is 0. The third kappa shape index (κ3) is 3.52. The van der Waals surface area contributed by atoms with Crippen molar-refractivity contribution in [3.05, 3.63) is 15.8 Å².